The van der Waals surface area contributed by atoms with Crippen LogP contribution in [0.1, 0.15) is 5.69 Å². The van der Waals surface area contributed by atoms with Crippen LogP contribution in [0.25, 0.3) is 17.1 Å². The first-order valence-electron chi connectivity index (χ1n) is 6.28. The summed E-state index contributed by atoms with van der Waals surface area (Å²) in [6.45, 7) is 0.203. The Kier molecular flexibility index (Phi) is 2.49. The molecule has 0 unspecified atom stereocenters. The van der Waals surface area contributed by atoms with Crippen LogP contribution >= 0.6 is 0 Å². The minimum absolute atomic E-state index is 0.0360. The highest BCUT2D eigenvalue weighted by molar-refractivity contribution is 5.70. The van der Waals surface area contributed by atoms with E-state index in [-0.39, 0.29) is 12.4 Å². The van der Waals surface area contributed by atoms with Gasteiger partial charge in [-0.05, 0) is 18.2 Å². The van der Waals surface area contributed by atoms with Crippen molar-refractivity contribution < 1.29 is 19.0 Å². The monoisotopic (exact) mass is 301 g/mol. The number of hydrogen-bond donors (Lipinski definition) is 1. The van der Waals surface area contributed by atoms with E-state index in [1.165, 1.54) is 29.5 Å². The molecule has 3 aromatic rings. The zero-order valence-electron chi connectivity index (χ0n) is 11.0. The third-order valence-electron chi connectivity index (χ3n) is 3.39. The lowest BCUT2D eigenvalue weighted by Gasteiger charge is -2.08. The van der Waals surface area contributed by atoms with Crippen molar-refractivity contribution in [3.63, 3.8) is 0 Å². The number of fused-ring (bicyclic) bond motifs is 5. The Morgan fingerprint density at radius 1 is 1.36 bits per heavy atom. The number of halogens is 1. The number of hydrogen-bond acceptors (Lipinski definition) is 5. The quantitative estimate of drug-likeness (QED) is 0.537. The van der Waals surface area contributed by atoms with Gasteiger partial charge in [-0.25, -0.2) is 23.8 Å². The van der Waals surface area contributed by atoms with Crippen LogP contribution in [0.4, 0.5) is 9.18 Å². The van der Waals surface area contributed by atoms with Crippen LogP contribution in [0, 0.1) is 5.82 Å². The normalized spacial score (nSPS) is 12.0. The fourth-order valence-corrected chi connectivity index (χ4v) is 2.50. The van der Waals surface area contributed by atoms with E-state index >= 15 is 0 Å². The van der Waals surface area contributed by atoms with E-state index in [1.54, 1.807) is 10.6 Å². The maximum atomic E-state index is 13.6. The maximum Gasteiger partial charge on any atom is 0.512 e. The summed E-state index contributed by atoms with van der Waals surface area (Å²) < 4.78 is 21.5. The summed E-state index contributed by atoms with van der Waals surface area (Å²) in [7, 11) is 0. The molecular formula is C13H8FN5O3. The summed E-state index contributed by atoms with van der Waals surface area (Å²) in [4.78, 5) is 18.9. The molecule has 1 aliphatic rings. The molecular weight excluding hydrogens is 293 g/mol. The highest BCUT2D eigenvalue weighted by Crippen LogP contribution is 2.33. The third-order valence-corrected chi connectivity index (χ3v) is 3.39. The van der Waals surface area contributed by atoms with Crippen molar-refractivity contribution in [3.05, 3.63) is 42.4 Å². The SMILES string of the molecule is O=C(O)Oc1ncn2c1Cn1ncnc1-c1cc(F)ccc1-2. The highest BCUT2D eigenvalue weighted by Gasteiger charge is 2.25. The second-order valence-electron chi connectivity index (χ2n) is 4.64. The van der Waals surface area contributed by atoms with Crippen LogP contribution in [-0.2, 0) is 6.54 Å². The minimum atomic E-state index is -1.45. The first-order chi connectivity index (χ1) is 10.6. The summed E-state index contributed by atoms with van der Waals surface area (Å²) in [5, 5.41) is 12.9. The first-order valence-corrected chi connectivity index (χ1v) is 6.28. The molecule has 22 heavy (non-hydrogen) atoms. The Morgan fingerprint density at radius 3 is 3.05 bits per heavy atom. The lowest BCUT2D eigenvalue weighted by atomic mass is 10.1. The fourth-order valence-electron chi connectivity index (χ4n) is 2.50. The molecule has 0 fully saturated rings. The molecule has 4 rings (SSSR count). The van der Waals surface area contributed by atoms with Gasteiger partial charge in [-0.15, -0.1) is 0 Å². The molecule has 0 saturated heterocycles. The van der Waals surface area contributed by atoms with E-state index in [9.17, 15) is 9.18 Å². The minimum Gasteiger partial charge on any atom is -0.449 e. The summed E-state index contributed by atoms with van der Waals surface area (Å²) in [5.41, 5.74) is 1.64. The van der Waals surface area contributed by atoms with E-state index in [2.05, 4.69) is 19.8 Å². The van der Waals surface area contributed by atoms with Crippen molar-refractivity contribution in [1.29, 1.82) is 0 Å². The van der Waals surface area contributed by atoms with Gasteiger partial charge in [0.1, 0.15) is 24.2 Å². The first kappa shape index (κ1) is 12.5. The Labute approximate surface area is 122 Å². The van der Waals surface area contributed by atoms with E-state index in [0.29, 0.717) is 22.8 Å². The molecule has 0 amide bonds. The third kappa shape index (κ3) is 1.75. The van der Waals surface area contributed by atoms with E-state index < -0.39 is 12.0 Å². The van der Waals surface area contributed by atoms with Crippen molar-refractivity contribution in [2.24, 2.45) is 0 Å². The lowest BCUT2D eigenvalue weighted by molar-refractivity contribution is 0.142. The number of nitrogens with zero attached hydrogens (tertiary/aromatic N) is 5. The smallest absolute Gasteiger partial charge is 0.449 e. The Morgan fingerprint density at radius 2 is 2.23 bits per heavy atom. The molecule has 0 saturated carbocycles. The number of benzene rings is 1. The molecule has 1 aromatic carbocycles. The van der Waals surface area contributed by atoms with E-state index in [4.69, 9.17) is 5.11 Å². The van der Waals surface area contributed by atoms with Crippen molar-refractivity contribution >= 4 is 6.16 Å². The number of rotatable bonds is 1. The van der Waals surface area contributed by atoms with E-state index in [0.717, 1.165) is 0 Å². The Hall–Kier alpha value is -3.23. The van der Waals surface area contributed by atoms with Crippen molar-refractivity contribution in [1.82, 2.24) is 24.3 Å². The predicted molar refractivity (Wildman–Crippen MR) is 70.3 cm³/mol. The van der Waals surface area contributed by atoms with Gasteiger partial charge in [0.15, 0.2) is 5.82 Å². The van der Waals surface area contributed by atoms with Crippen molar-refractivity contribution in [2.75, 3.05) is 0 Å². The number of imidazole rings is 1. The van der Waals surface area contributed by atoms with Crippen molar-refractivity contribution in [3.8, 4) is 23.0 Å². The summed E-state index contributed by atoms with van der Waals surface area (Å²) in [6, 6.07) is 4.24. The number of aromatic nitrogens is 5. The van der Waals surface area contributed by atoms with Gasteiger partial charge in [-0.2, -0.15) is 5.10 Å². The molecule has 8 nitrogen and oxygen atoms in total. The van der Waals surface area contributed by atoms with Crippen LogP contribution in [-0.4, -0.2) is 35.6 Å². The predicted octanol–water partition coefficient (Wildman–Crippen LogP) is 1.69. The maximum absolute atomic E-state index is 13.6. The van der Waals surface area contributed by atoms with Crippen LogP contribution in [0.5, 0.6) is 5.88 Å². The summed E-state index contributed by atoms with van der Waals surface area (Å²) in [6.07, 6.45) is 1.33. The molecule has 0 atom stereocenters. The highest BCUT2D eigenvalue weighted by atomic mass is 19.1. The van der Waals surface area contributed by atoms with Crippen LogP contribution in [0.15, 0.2) is 30.9 Å². The lowest BCUT2D eigenvalue weighted by Crippen LogP contribution is -2.09. The number of ether oxygens (including phenoxy) is 1. The van der Waals surface area contributed by atoms with Gasteiger partial charge in [-0.1, -0.05) is 0 Å². The molecule has 0 spiro atoms. The van der Waals surface area contributed by atoms with Gasteiger partial charge in [0, 0.05) is 5.56 Å². The summed E-state index contributed by atoms with van der Waals surface area (Å²) >= 11 is 0. The standard InChI is InChI=1S/C13H8FN5O3/c14-7-1-2-9-8(3-7)11-15-5-17-19(11)4-10-12(22-13(20)21)16-6-18(9)10/h1-3,5-6H,4H2,(H,20,21). The van der Waals surface area contributed by atoms with Crippen LogP contribution < -0.4 is 4.74 Å². The van der Waals surface area contributed by atoms with Crippen molar-refractivity contribution in [2.45, 2.75) is 6.54 Å². The Bertz CT molecular complexity index is 901. The zero-order valence-corrected chi connectivity index (χ0v) is 11.0. The molecule has 2 aromatic heterocycles. The second-order valence-corrected chi connectivity index (χ2v) is 4.64. The average Bonchev–Trinajstić information content (AvgIpc) is 3.05. The van der Waals surface area contributed by atoms with Gasteiger partial charge in [-0.3, -0.25) is 4.57 Å². The fraction of sp³-hybridized carbons (Fsp3) is 0.0769. The van der Waals surface area contributed by atoms with Gasteiger partial charge < -0.3 is 9.84 Å². The molecule has 3 heterocycles. The largest absolute Gasteiger partial charge is 0.512 e. The van der Waals surface area contributed by atoms with Gasteiger partial charge in [0.2, 0.25) is 5.88 Å². The molecule has 1 N–H and O–H groups in total. The molecule has 9 heteroatoms. The number of carboxylic acid groups (broad SMARTS) is 1. The van der Waals surface area contributed by atoms with Gasteiger partial charge in [0.25, 0.3) is 0 Å². The second kappa shape index (κ2) is 4.38. The van der Waals surface area contributed by atoms with Gasteiger partial charge >= 0.3 is 6.16 Å². The molecule has 0 radical (unpaired) electrons. The Balaban J connectivity index is 2.00. The van der Waals surface area contributed by atoms with E-state index in [1.807, 2.05) is 0 Å². The molecule has 1 aliphatic heterocycles. The average molecular weight is 301 g/mol. The topological polar surface area (TPSA) is 95.1 Å². The number of carbonyl (C=O) groups is 1. The zero-order chi connectivity index (χ0) is 15.3. The van der Waals surface area contributed by atoms with Gasteiger partial charge in [0.05, 0.1) is 12.2 Å². The summed E-state index contributed by atoms with van der Waals surface area (Å²) in [5.74, 6) is 0.0458. The molecule has 110 valence electrons. The van der Waals surface area contributed by atoms with Crippen LogP contribution in [0.3, 0.4) is 0 Å². The molecule has 0 aliphatic carbocycles. The van der Waals surface area contributed by atoms with Crippen LogP contribution in [0.2, 0.25) is 0 Å². The molecule has 0 bridgehead atoms.